The van der Waals surface area contributed by atoms with Crippen molar-refractivity contribution in [2.45, 2.75) is 27.3 Å². The SMILES string of the molecule is CCn1cc(C(=NC)/C(C)=C(\C)N)cc(C(=C=O)NC)c1=O. The second-order valence-electron chi connectivity index (χ2n) is 4.84. The number of nitrogens with two attached hydrogens (primary N) is 1. The topological polar surface area (TPSA) is 89.5 Å². The lowest BCUT2D eigenvalue weighted by Crippen LogP contribution is -2.27. The minimum atomic E-state index is -0.250. The first-order valence-corrected chi connectivity index (χ1v) is 6.99. The summed E-state index contributed by atoms with van der Waals surface area (Å²) in [5, 5.41) is 2.70. The van der Waals surface area contributed by atoms with Crippen molar-refractivity contribution in [3.05, 3.63) is 45.0 Å². The van der Waals surface area contributed by atoms with Gasteiger partial charge in [0.25, 0.3) is 5.56 Å². The van der Waals surface area contributed by atoms with E-state index in [1.54, 1.807) is 39.2 Å². The molecule has 0 unspecified atom stereocenters. The Bertz CT molecular complexity index is 731. The van der Waals surface area contributed by atoms with E-state index in [9.17, 15) is 9.59 Å². The first kappa shape index (κ1) is 17.5. The fourth-order valence-electron chi connectivity index (χ4n) is 2.12. The van der Waals surface area contributed by atoms with Crippen molar-refractivity contribution >= 4 is 17.4 Å². The van der Waals surface area contributed by atoms with E-state index in [0.717, 1.165) is 11.1 Å². The van der Waals surface area contributed by atoms with E-state index in [1.807, 2.05) is 13.8 Å². The summed E-state index contributed by atoms with van der Waals surface area (Å²) >= 11 is 0. The monoisotopic (exact) mass is 302 g/mol. The van der Waals surface area contributed by atoms with Crippen LogP contribution in [0.2, 0.25) is 0 Å². The van der Waals surface area contributed by atoms with Crippen LogP contribution in [0.5, 0.6) is 0 Å². The van der Waals surface area contributed by atoms with E-state index in [1.165, 1.54) is 4.57 Å². The Hall–Kier alpha value is -2.59. The third-order valence-corrected chi connectivity index (χ3v) is 3.49. The van der Waals surface area contributed by atoms with Crippen molar-refractivity contribution in [3.8, 4) is 0 Å². The zero-order valence-corrected chi connectivity index (χ0v) is 13.7. The Morgan fingerprint density at radius 3 is 2.50 bits per heavy atom. The van der Waals surface area contributed by atoms with Gasteiger partial charge in [-0.2, -0.15) is 0 Å². The summed E-state index contributed by atoms with van der Waals surface area (Å²) in [6, 6.07) is 1.64. The molecule has 0 aromatic carbocycles. The van der Waals surface area contributed by atoms with Crippen molar-refractivity contribution in [3.63, 3.8) is 0 Å². The van der Waals surface area contributed by atoms with Gasteiger partial charge in [-0.15, -0.1) is 0 Å². The molecule has 0 aliphatic rings. The first-order chi connectivity index (χ1) is 10.4. The fourth-order valence-corrected chi connectivity index (χ4v) is 2.12. The van der Waals surface area contributed by atoms with Gasteiger partial charge in [-0.1, -0.05) is 0 Å². The average molecular weight is 302 g/mol. The molecular weight excluding hydrogens is 280 g/mol. The summed E-state index contributed by atoms with van der Waals surface area (Å²) in [4.78, 5) is 27.7. The maximum atomic E-state index is 12.4. The van der Waals surface area contributed by atoms with Crippen molar-refractivity contribution in [2.75, 3.05) is 14.1 Å². The highest BCUT2D eigenvalue weighted by Crippen LogP contribution is 2.14. The lowest BCUT2D eigenvalue weighted by molar-refractivity contribution is 0.568. The molecule has 1 aromatic rings. The van der Waals surface area contributed by atoms with Gasteiger partial charge in [-0.25, -0.2) is 4.79 Å². The lowest BCUT2D eigenvalue weighted by Gasteiger charge is -2.13. The largest absolute Gasteiger partial charge is 0.402 e. The molecule has 6 heteroatoms. The average Bonchev–Trinajstić information content (AvgIpc) is 2.51. The van der Waals surface area contributed by atoms with Gasteiger partial charge in [0, 0.05) is 38.1 Å². The first-order valence-electron chi connectivity index (χ1n) is 6.99. The van der Waals surface area contributed by atoms with E-state index in [2.05, 4.69) is 10.3 Å². The number of carbonyl (C=O) groups excluding carboxylic acids is 1. The number of aliphatic imine (C=N–C) groups is 1. The summed E-state index contributed by atoms with van der Waals surface area (Å²) in [5.41, 5.74) is 8.88. The van der Waals surface area contributed by atoms with Crippen LogP contribution >= 0.6 is 0 Å². The minimum absolute atomic E-state index is 0.121. The summed E-state index contributed by atoms with van der Waals surface area (Å²) < 4.78 is 1.53. The van der Waals surface area contributed by atoms with Gasteiger partial charge in [-0.3, -0.25) is 9.79 Å². The molecule has 6 nitrogen and oxygen atoms in total. The highest BCUT2D eigenvalue weighted by Gasteiger charge is 2.15. The molecule has 0 aliphatic carbocycles. The van der Waals surface area contributed by atoms with E-state index in [0.29, 0.717) is 18.0 Å². The standard InChI is InChI=1S/C16H22N4O2/c1-6-20-8-12(15(19-5)10(2)11(3)17)7-13(16(20)22)14(9-21)18-4/h7-8,18H,6,17H2,1-5H3/b11-10+,19-15?. The van der Waals surface area contributed by atoms with Crippen molar-refractivity contribution < 1.29 is 4.79 Å². The van der Waals surface area contributed by atoms with Gasteiger partial charge in [0.05, 0.1) is 11.3 Å². The maximum Gasteiger partial charge on any atom is 0.260 e. The molecular formula is C16H22N4O2. The van der Waals surface area contributed by atoms with Gasteiger partial charge in [-0.05, 0) is 32.4 Å². The predicted molar refractivity (Wildman–Crippen MR) is 89.6 cm³/mol. The van der Waals surface area contributed by atoms with E-state index in [-0.39, 0.29) is 16.8 Å². The van der Waals surface area contributed by atoms with E-state index < -0.39 is 0 Å². The molecule has 0 spiro atoms. The van der Waals surface area contributed by atoms with Crippen molar-refractivity contribution in [1.29, 1.82) is 0 Å². The highest BCUT2D eigenvalue weighted by molar-refractivity contribution is 6.12. The number of hydrogen-bond donors (Lipinski definition) is 2. The number of hydrogen-bond acceptors (Lipinski definition) is 5. The Morgan fingerprint density at radius 1 is 1.45 bits per heavy atom. The molecule has 22 heavy (non-hydrogen) atoms. The third kappa shape index (κ3) is 3.35. The molecule has 1 aromatic heterocycles. The molecule has 0 amide bonds. The van der Waals surface area contributed by atoms with Crippen LogP contribution in [-0.2, 0) is 11.3 Å². The molecule has 0 saturated heterocycles. The Morgan fingerprint density at radius 2 is 2.09 bits per heavy atom. The lowest BCUT2D eigenvalue weighted by atomic mass is 10.0. The summed E-state index contributed by atoms with van der Waals surface area (Å²) in [6.07, 6.45) is 1.72. The van der Waals surface area contributed by atoms with E-state index >= 15 is 0 Å². The zero-order valence-electron chi connectivity index (χ0n) is 13.7. The van der Waals surface area contributed by atoms with Crippen LogP contribution in [-0.4, -0.2) is 30.3 Å². The van der Waals surface area contributed by atoms with Crippen LogP contribution in [0.4, 0.5) is 0 Å². The predicted octanol–water partition coefficient (Wildman–Crippen LogP) is 0.932. The van der Waals surface area contributed by atoms with Gasteiger partial charge in [0.2, 0.25) is 0 Å². The molecule has 0 radical (unpaired) electrons. The van der Waals surface area contributed by atoms with Gasteiger partial charge < -0.3 is 15.6 Å². The number of rotatable bonds is 5. The number of aryl methyl sites for hydroxylation is 1. The molecule has 1 heterocycles. The summed E-state index contributed by atoms with van der Waals surface area (Å²) in [5.74, 6) is 1.76. The summed E-state index contributed by atoms with van der Waals surface area (Å²) in [7, 11) is 3.24. The smallest absolute Gasteiger partial charge is 0.260 e. The van der Waals surface area contributed by atoms with E-state index in [4.69, 9.17) is 5.73 Å². The Balaban J connectivity index is 3.72. The molecule has 0 aliphatic heterocycles. The maximum absolute atomic E-state index is 12.4. The fraction of sp³-hybridized carbons (Fsp3) is 0.375. The second kappa shape index (κ2) is 7.43. The molecule has 1 rings (SSSR count). The number of allylic oxidation sites excluding steroid dienone is 2. The minimum Gasteiger partial charge on any atom is -0.402 e. The zero-order chi connectivity index (χ0) is 16.9. The third-order valence-electron chi connectivity index (χ3n) is 3.49. The molecule has 0 fully saturated rings. The molecule has 0 atom stereocenters. The Labute approximate surface area is 130 Å². The quantitative estimate of drug-likeness (QED) is 0.625. The Kier molecular flexibility index (Phi) is 5.90. The highest BCUT2D eigenvalue weighted by atomic mass is 16.1. The van der Waals surface area contributed by atoms with Gasteiger partial charge in [0.1, 0.15) is 5.70 Å². The number of aromatic nitrogens is 1. The van der Waals surface area contributed by atoms with Crippen LogP contribution in [0.25, 0.3) is 5.70 Å². The van der Waals surface area contributed by atoms with Crippen LogP contribution < -0.4 is 16.6 Å². The van der Waals surface area contributed by atoms with Crippen molar-refractivity contribution in [2.24, 2.45) is 10.7 Å². The number of nitrogens with zero attached hydrogens (tertiary/aromatic N) is 2. The second-order valence-corrected chi connectivity index (χ2v) is 4.84. The van der Waals surface area contributed by atoms with Gasteiger partial charge >= 0.3 is 0 Å². The molecule has 3 N–H and O–H groups in total. The number of pyridine rings is 1. The van der Waals surface area contributed by atoms with Crippen LogP contribution in [0, 0.1) is 0 Å². The summed E-state index contributed by atoms with van der Waals surface area (Å²) in [6.45, 7) is 6.00. The van der Waals surface area contributed by atoms with Crippen LogP contribution in [0.15, 0.2) is 33.3 Å². The van der Waals surface area contributed by atoms with Gasteiger partial charge in [0.15, 0.2) is 5.94 Å². The molecule has 0 bridgehead atoms. The number of nitrogens with one attached hydrogen (secondary N) is 1. The van der Waals surface area contributed by atoms with Crippen LogP contribution in [0.3, 0.4) is 0 Å². The molecule has 118 valence electrons. The molecule has 0 saturated carbocycles. The normalized spacial score (nSPS) is 12.5. The van der Waals surface area contributed by atoms with Crippen molar-refractivity contribution in [1.82, 2.24) is 9.88 Å². The van der Waals surface area contributed by atoms with Crippen LogP contribution in [0.1, 0.15) is 31.9 Å².